The number of rotatable bonds is 1. The van der Waals surface area contributed by atoms with Gasteiger partial charge in [-0.15, -0.1) is 0 Å². The van der Waals surface area contributed by atoms with E-state index in [1.54, 1.807) is 0 Å². The van der Waals surface area contributed by atoms with Gasteiger partial charge in [-0.3, -0.25) is 0 Å². The molecule has 1 nitrogen and oxygen atoms in total. The average molecular weight is 198 g/mol. The van der Waals surface area contributed by atoms with Crippen LogP contribution in [0, 0.1) is 13.8 Å². The highest BCUT2D eigenvalue weighted by Gasteiger charge is 2.08. The number of aryl methyl sites for hydroxylation is 2. The molecule has 0 N–H and O–H groups in total. The van der Waals surface area contributed by atoms with E-state index in [1.807, 2.05) is 6.07 Å². The first-order valence-corrected chi connectivity index (χ1v) is 5.21. The molecular formula is C14H16N+. The van der Waals surface area contributed by atoms with Crippen molar-refractivity contribution in [3.05, 3.63) is 53.9 Å². The van der Waals surface area contributed by atoms with Crippen molar-refractivity contribution in [2.24, 2.45) is 7.05 Å². The zero-order valence-corrected chi connectivity index (χ0v) is 9.49. The second kappa shape index (κ2) is 3.85. The predicted octanol–water partition coefficient (Wildman–Crippen LogP) is 2.79. The number of benzene rings is 1. The first-order valence-electron chi connectivity index (χ1n) is 5.21. The van der Waals surface area contributed by atoms with Crippen LogP contribution in [0.15, 0.2) is 42.5 Å². The van der Waals surface area contributed by atoms with E-state index >= 15 is 0 Å². The number of hydrogen-bond donors (Lipinski definition) is 0. The van der Waals surface area contributed by atoms with Crippen molar-refractivity contribution < 1.29 is 4.57 Å². The van der Waals surface area contributed by atoms with E-state index in [0.717, 1.165) is 0 Å². The Morgan fingerprint density at radius 2 is 1.33 bits per heavy atom. The normalized spacial score (nSPS) is 10.3. The minimum absolute atomic E-state index is 1.28. The molecule has 1 heterocycles. The van der Waals surface area contributed by atoms with Crippen LogP contribution in [-0.2, 0) is 7.05 Å². The van der Waals surface area contributed by atoms with Gasteiger partial charge in [-0.25, -0.2) is 4.57 Å². The van der Waals surface area contributed by atoms with E-state index in [-0.39, 0.29) is 0 Å². The third-order valence-electron chi connectivity index (χ3n) is 2.89. The summed E-state index contributed by atoms with van der Waals surface area (Å²) in [5.74, 6) is 0. The van der Waals surface area contributed by atoms with Crippen molar-refractivity contribution in [2.75, 3.05) is 0 Å². The molecule has 0 amide bonds. The molecule has 2 rings (SSSR count). The topological polar surface area (TPSA) is 3.88 Å². The van der Waals surface area contributed by atoms with Gasteiger partial charge in [0.25, 0.3) is 0 Å². The largest absolute Gasteiger partial charge is 0.203 e. The lowest BCUT2D eigenvalue weighted by Gasteiger charge is -2.04. The van der Waals surface area contributed by atoms with Crippen molar-refractivity contribution in [2.45, 2.75) is 13.8 Å². The van der Waals surface area contributed by atoms with Gasteiger partial charge >= 0.3 is 0 Å². The lowest BCUT2D eigenvalue weighted by atomic mass is 10.1. The zero-order valence-electron chi connectivity index (χ0n) is 9.49. The molecule has 0 aliphatic carbocycles. The highest BCUT2D eigenvalue weighted by atomic mass is 14.9. The fraction of sp³-hybridized carbons (Fsp3) is 0.214. The lowest BCUT2D eigenvalue weighted by Crippen LogP contribution is -2.35. The summed E-state index contributed by atoms with van der Waals surface area (Å²) >= 11 is 0. The van der Waals surface area contributed by atoms with Crippen LogP contribution in [0.1, 0.15) is 11.4 Å². The molecule has 0 saturated heterocycles. The predicted molar refractivity (Wildman–Crippen MR) is 62.5 cm³/mol. The maximum absolute atomic E-state index is 2.22. The maximum Gasteiger partial charge on any atom is 0.178 e. The van der Waals surface area contributed by atoms with Gasteiger partial charge in [0.15, 0.2) is 11.4 Å². The minimum Gasteiger partial charge on any atom is -0.203 e. The number of pyridine rings is 1. The first kappa shape index (κ1) is 9.91. The summed E-state index contributed by atoms with van der Waals surface area (Å²) < 4.78 is 2.20. The Hall–Kier alpha value is -1.63. The molecule has 1 heteroatoms. The second-order valence-corrected chi connectivity index (χ2v) is 3.95. The molecule has 0 fully saturated rings. The molecule has 0 atom stereocenters. The second-order valence-electron chi connectivity index (χ2n) is 3.95. The Bertz CT molecular complexity index is 449. The van der Waals surface area contributed by atoms with Crippen LogP contribution in [0.2, 0.25) is 0 Å². The molecule has 0 aliphatic heterocycles. The Balaban J connectivity index is 2.56. The minimum atomic E-state index is 1.28. The standard InChI is InChI=1S/C14H16N/c1-11-9-14(10-12(2)15(11)3)13-7-5-4-6-8-13/h4-10H,1-3H3/q+1. The van der Waals surface area contributed by atoms with Gasteiger partial charge in [0.2, 0.25) is 0 Å². The van der Waals surface area contributed by atoms with E-state index in [2.05, 4.69) is 61.9 Å². The fourth-order valence-electron chi connectivity index (χ4n) is 1.76. The van der Waals surface area contributed by atoms with Crippen molar-refractivity contribution in [1.29, 1.82) is 0 Å². The Morgan fingerprint density at radius 3 is 1.87 bits per heavy atom. The van der Waals surface area contributed by atoms with E-state index in [0.29, 0.717) is 0 Å². The maximum atomic E-state index is 2.22. The van der Waals surface area contributed by atoms with Gasteiger partial charge in [0.05, 0.1) is 0 Å². The first-order chi connectivity index (χ1) is 7.18. The number of hydrogen-bond acceptors (Lipinski definition) is 0. The summed E-state index contributed by atoms with van der Waals surface area (Å²) in [4.78, 5) is 0. The summed E-state index contributed by atoms with van der Waals surface area (Å²) in [7, 11) is 2.10. The van der Waals surface area contributed by atoms with Gasteiger partial charge in [0.1, 0.15) is 7.05 Å². The zero-order chi connectivity index (χ0) is 10.8. The fourth-order valence-corrected chi connectivity index (χ4v) is 1.76. The van der Waals surface area contributed by atoms with Crippen LogP contribution >= 0.6 is 0 Å². The van der Waals surface area contributed by atoms with Crippen LogP contribution in [-0.4, -0.2) is 0 Å². The number of nitrogens with zero attached hydrogens (tertiary/aromatic N) is 1. The highest BCUT2D eigenvalue weighted by Crippen LogP contribution is 2.19. The molecule has 0 saturated carbocycles. The summed E-state index contributed by atoms with van der Waals surface area (Å²) in [5.41, 5.74) is 5.15. The van der Waals surface area contributed by atoms with Crippen LogP contribution in [0.25, 0.3) is 11.1 Å². The van der Waals surface area contributed by atoms with Crippen molar-refractivity contribution in [1.82, 2.24) is 0 Å². The molecule has 0 aliphatic rings. The SMILES string of the molecule is Cc1cc(-c2ccccc2)cc(C)[n+]1C. The van der Waals surface area contributed by atoms with Gasteiger partial charge in [-0.05, 0) is 11.1 Å². The van der Waals surface area contributed by atoms with Crippen LogP contribution in [0.4, 0.5) is 0 Å². The average Bonchev–Trinajstić information content (AvgIpc) is 2.26. The van der Waals surface area contributed by atoms with Crippen molar-refractivity contribution in [3.8, 4) is 11.1 Å². The molecule has 1 aromatic heterocycles. The van der Waals surface area contributed by atoms with E-state index in [1.165, 1.54) is 22.5 Å². The number of aromatic nitrogens is 1. The monoisotopic (exact) mass is 198 g/mol. The van der Waals surface area contributed by atoms with Gasteiger partial charge in [-0.2, -0.15) is 0 Å². The van der Waals surface area contributed by atoms with E-state index < -0.39 is 0 Å². The van der Waals surface area contributed by atoms with Gasteiger partial charge < -0.3 is 0 Å². The molecule has 0 spiro atoms. The van der Waals surface area contributed by atoms with Gasteiger partial charge in [-0.1, -0.05) is 30.3 Å². The Kier molecular flexibility index (Phi) is 2.55. The molecule has 0 radical (unpaired) electrons. The van der Waals surface area contributed by atoms with E-state index in [4.69, 9.17) is 0 Å². The van der Waals surface area contributed by atoms with Gasteiger partial charge in [0, 0.05) is 26.0 Å². The van der Waals surface area contributed by atoms with E-state index in [9.17, 15) is 0 Å². The molecule has 76 valence electrons. The van der Waals surface area contributed by atoms with Crippen molar-refractivity contribution >= 4 is 0 Å². The van der Waals surface area contributed by atoms with Crippen LogP contribution in [0.5, 0.6) is 0 Å². The van der Waals surface area contributed by atoms with Crippen LogP contribution < -0.4 is 4.57 Å². The molecule has 2 aromatic rings. The molecule has 1 aromatic carbocycles. The van der Waals surface area contributed by atoms with Crippen molar-refractivity contribution in [3.63, 3.8) is 0 Å². The molecule has 0 unspecified atom stereocenters. The summed E-state index contributed by atoms with van der Waals surface area (Å²) in [6.45, 7) is 4.28. The summed E-state index contributed by atoms with van der Waals surface area (Å²) in [5, 5.41) is 0. The Labute approximate surface area is 91.0 Å². The smallest absolute Gasteiger partial charge is 0.178 e. The highest BCUT2D eigenvalue weighted by molar-refractivity contribution is 5.63. The quantitative estimate of drug-likeness (QED) is 0.620. The lowest BCUT2D eigenvalue weighted by molar-refractivity contribution is -0.683. The third-order valence-corrected chi connectivity index (χ3v) is 2.89. The summed E-state index contributed by atoms with van der Waals surface area (Å²) in [6, 6.07) is 14.9. The summed E-state index contributed by atoms with van der Waals surface area (Å²) in [6.07, 6.45) is 0. The molecule has 0 bridgehead atoms. The van der Waals surface area contributed by atoms with Crippen LogP contribution in [0.3, 0.4) is 0 Å². The molecular weight excluding hydrogens is 182 g/mol. The molecule has 15 heavy (non-hydrogen) atoms. The Morgan fingerprint density at radius 1 is 0.800 bits per heavy atom. The third kappa shape index (κ3) is 1.91.